The van der Waals surface area contributed by atoms with Crippen molar-refractivity contribution in [2.75, 3.05) is 45.3 Å². The fraction of sp³-hybridized carbons (Fsp3) is 0.615. The molecular weight excluding hydrogens is 746 g/mol. The number of ether oxygens (including phenoxy) is 4. The summed E-state index contributed by atoms with van der Waals surface area (Å²) in [6.45, 7) is 12.2. The molecule has 4 fully saturated rings. The second kappa shape index (κ2) is 15.9. The van der Waals surface area contributed by atoms with Crippen molar-refractivity contribution in [3.8, 4) is 22.9 Å². The summed E-state index contributed by atoms with van der Waals surface area (Å²) in [7, 11) is 2.04. The number of anilines is 1. The first-order chi connectivity index (χ1) is 26.1. The van der Waals surface area contributed by atoms with Crippen LogP contribution in [0.15, 0.2) is 23.6 Å². The van der Waals surface area contributed by atoms with E-state index in [1.54, 1.807) is 12.1 Å². The third kappa shape index (κ3) is 8.90. The molecule has 3 aromatic rings. The number of benzene rings is 1. The Hall–Kier alpha value is -3.92. The summed E-state index contributed by atoms with van der Waals surface area (Å²) in [5.41, 5.74) is 6.82. The van der Waals surface area contributed by atoms with Crippen molar-refractivity contribution in [3.63, 3.8) is 0 Å². The summed E-state index contributed by atoms with van der Waals surface area (Å²) in [6, 6.07) is 3.77. The number of hydrogen-bond acceptors (Lipinski definition) is 12. The molecule has 2 saturated heterocycles. The number of thiazole rings is 1. The molecule has 14 nitrogen and oxygen atoms in total. The van der Waals surface area contributed by atoms with E-state index in [1.165, 1.54) is 22.7 Å². The Bertz CT molecular complexity index is 1910. The summed E-state index contributed by atoms with van der Waals surface area (Å²) in [5, 5.41) is 9.75. The highest BCUT2D eigenvalue weighted by Gasteiger charge is 2.48. The molecule has 2 aliphatic carbocycles. The van der Waals surface area contributed by atoms with Gasteiger partial charge in [0.15, 0.2) is 5.13 Å². The number of fused-ring (bicyclic) bond motifs is 2. The molecule has 7 atom stereocenters. The third-order valence-electron chi connectivity index (χ3n) is 11.0. The molecule has 4 heterocycles. The topological polar surface area (TPSA) is 170 Å². The van der Waals surface area contributed by atoms with Crippen LogP contribution in [-0.4, -0.2) is 114 Å². The number of primary amides is 1. The Morgan fingerprint density at radius 1 is 1.07 bits per heavy atom. The summed E-state index contributed by atoms with van der Waals surface area (Å²) in [6.07, 6.45) is 1.67. The van der Waals surface area contributed by atoms with E-state index in [0.717, 1.165) is 24.5 Å². The number of carbonyl (C=O) groups excluding carboxylic acids is 3. The number of aromatic nitrogens is 2. The highest BCUT2D eigenvalue weighted by Crippen LogP contribution is 2.52. The number of nitrogens with two attached hydrogens (primary N) is 1. The lowest BCUT2D eigenvalue weighted by atomic mass is 9.85. The molecule has 298 valence electrons. The lowest BCUT2D eigenvalue weighted by Gasteiger charge is -2.35. The summed E-state index contributed by atoms with van der Waals surface area (Å²) in [5.74, 6) is 1.11. The van der Waals surface area contributed by atoms with Gasteiger partial charge >= 0.3 is 6.09 Å². The molecule has 55 heavy (non-hydrogen) atoms. The Labute approximate surface area is 330 Å². The van der Waals surface area contributed by atoms with Crippen molar-refractivity contribution in [2.45, 2.75) is 96.7 Å². The van der Waals surface area contributed by atoms with Crippen molar-refractivity contribution < 1.29 is 33.3 Å². The second-order valence-electron chi connectivity index (χ2n) is 16.7. The number of pyridine rings is 1. The van der Waals surface area contributed by atoms with Crippen LogP contribution in [-0.2, 0) is 19.1 Å². The standard InChI is InChI=1S/C39H52ClN7O7S/c1-20(2)42-37-44-28(19-55-37)27-15-31(26-7-8-30(32(40)33(26)43-27)52-18-23-17-51-10-9-46(23)6)53-25-14-29(35(41)48)47(16-25)36(49)34(39(3,4)5)45-38(50)54-24-12-21-11-22(21)13-24/h7-8,15,19-25,29,34H,9-14,16-18H2,1-6H3,(H2,41,48)(H,42,44)(H,45,50)/t21-,22+,23-,24+,25?,29+,34-/m1/s1. The molecule has 2 aliphatic heterocycles. The van der Waals surface area contributed by atoms with Crippen LogP contribution in [0.25, 0.3) is 22.3 Å². The average Bonchev–Trinajstić information content (AvgIpc) is 3.44. The van der Waals surface area contributed by atoms with Gasteiger partial charge in [0.1, 0.15) is 53.1 Å². The zero-order valence-electron chi connectivity index (χ0n) is 32.3. The molecule has 2 saturated carbocycles. The van der Waals surface area contributed by atoms with Crippen molar-refractivity contribution in [2.24, 2.45) is 23.0 Å². The number of halogens is 1. The largest absolute Gasteiger partial charge is 0.490 e. The monoisotopic (exact) mass is 797 g/mol. The van der Waals surface area contributed by atoms with E-state index in [9.17, 15) is 14.4 Å². The summed E-state index contributed by atoms with van der Waals surface area (Å²) < 4.78 is 24.3. The van der Waals surface area contributed by atoms with E-state index in [4.69, 9.17) is 46.3 Å². The van der Waals surface area contributed by atoms with Crippen LogP contribution in [0, 0.1) is 17.3 Å². The number of alkyl carbamates (subject to hydrolysis) is 1. The normalized spacial score (nSPS) is 25.8. The minimum absolute atomic E-state index is 0.0615. The van der Waals surface area contributed by atoms with E-state index in [0.29, 0.717) is 70.5 Å². The number of morpholine rings is 1. The molecule has 0 spiro atoms. The van der Waals surface area contributed by atoms with Gasteiger partial charge in [-0.25, -0.2) is 14.8 Å². The number of likely N-dealkylation sites (N-methyl/N-ethyl adjacent to an activating group) is 1. The van der Waals surface area contributed by atoms with E-state index in [2.05, 4.69) is 15.5 Å². The zero-order valence-corrected chi connectivity index (χ0v) is 33.9. The Morgan fingerprint density at radius 3 is 2.53 bits per heavy atom. The van der Waals surface area contributed by atoms with Gasteiger partial charge in [-0.15, -0.1) is 11.3 Å². The molecule has 1 unspecified atom stereocenters. The van der Waals surface area contributed by atoms with Gasteiger partial charge < -0.3 is 40.2 Å². The Kier molecular flexibility index (Phi) is 11.4. The minimum Gasteiger partial charge on any atom is -0.490 e. The second-order valence-corrected chi connectivity index (χ2v) is 18.0. The van der Waals surface area contributed by atoms with Crippen LogP contribution in [0.5, 0.6) is 11.5 Å². The Balaban J connectivity index is 1.15. The van der Waals surface area contributed by atoms with Crippen LogP contribution in [0.3, 0.4) is 0 Å². The minimum atomic E-state index is -0.972. The summed E-state index contributed by atoms with van der Waals surface area (Å²) in [4.78, 5) is 53.6. The van der Waals surface area contributed by atoms with Gasteiger partial charge in [-0.3, -0.25) is 14.5 Å². The SMILES string of the molecule is CC(C)Nc1nc(-c2cc(OC3C[C@@H](C(N)=O)N(C(=O)[C@@H](NC(=O)O[C@@H]4C[C@@H]5C[C@@H]5C4)C(C)(C)C)C3)c3ccc(OC[C@H]4COCCN4C)c(Cl)c3n2)cs1. The van der Waals surface area contributed by atoms with Gasteiger partial charge in [0.05, 0.1) is 37.0 Å². The predicted octanol–water partition coefficient (Wildman–Crippen LogP) is 5.31. The maximum atomic E-state index is 14.3. The maximum absolute atomic E-state index is 14.3. The first-order valence-corrected chi connectivity index (χ1v) is 20.4. The number of likely N-dealkylation sites (tertiary alicyclic amines) is 1. The number of rotatable bonds is 12. The molecule has 7 rings (SSSR count). The molecule has 16 heteroatoms. The first-order valence-electron chi connectivity index (χ1n) is 19.1. The van der Waals surface area contributed by atoms with Crippen LogP contribution in [0.1, 0.15) is 60.3 Å². The lowest BCUT2D eigenvalue weighted by molar-refractivity contribution is -0.141. The first kappa shape index (κ1) is 39.3. The molecule has 4 aliphatic rings. The predicted molar refractivity (Wildman–Crippen MR) is 211 cm³/mol. The van der Waals surface area contributed by atoms with E-state index in [1.807, 2.05) is 53.1 Å². The number of carbonyl (C=O) groups is 3. The molecule has 2 aromatic heterocycles. The van der Waals surface area contributed by atoms with Gasteiger partial charge in [-0.05, 0) is 69.5 Å². The highest BCUT2D eigenvalue weighted by atomic mass is 35.5. The van der Waals surface area contributed by atoms with Gasteiger partial charge in [0, 0.05) is 35.8 Å². The zero-order chi connectivity index (χ0) is 39.2. The maximum Gasteiger partial charge on any atom is 0.408 e. The smallest absolute Gasteiger partial charge is 0.408 e. The molecule has 0 bridgehead atoms. The summed E-state index contributed by atoms with van der Waals surface area (Å²) >= 11 is 8.51. The van der Waals surface area contributed by atoms with E-state index < -0.39 is 41.5 Å². The average molecular weight is 798 g/mol. The number of amides is 3. The highest BCUT2D eigenvalue weighted by molar-refractivity contribution is 7.14. The Morgan fingerprint density at radius 2 is 1.84 bits per heavy atom. The molecule has 3 amide bonds. The third-order valence-corrected chi connectivity index (χ3v) is 12.1. The fourth-order valence-corrected chi connectivity index (χ4v) is 8.91. The van der Waals surface area contributed by atoms with Crippen molar-refractivity contribution >= 4 is 56.9 Å². The number of hydrogen-bond donors (Lipinski definition) is 3. The molecule has 0 radical (unpaired) electrons. The van der Waals surface area contributed by atoms with Crippen molar-refractivity contribution in [1.29, 1.82) is 0 Å². The molecule has 4 N–H and O–H groups in total. The molecule has 1 aromatic carbocycles. The van der Waals surface area contributed by atoms with Gasteiger partial charge in [-0.1, -0.05) is 32.4 Å². The van der Waals surface area contributed by atoms with Crippen molar-refractivity contribution in [3.05, 3.63) is 28.6 Å². The van der Waals surface area contributed by atoms with E-state index >= 15 is 0 Å². The molecular formula is C39H52ClN7O7S. The quantitative estimate of drug-likeness (QED) is 0.217. The van der Waals surface area contributed by atoms with Crippen LogP contribution < -0.4 is 25.8 Å². The lowest BCUT2D eigenvalue weighted by Crippen LogP contribution is -2.57. The van der Waals surface area contributed by atoms with Crippen molar-refractivity contribution in [1.82, 2.24) is 25.1 Å². The van der Waals surface area contributed by atoms with Gasteiger partial charge in [0.25, 0.3) is 0 Å². The van der Waals surface area contributed by atoms with Crippen LogP contribution in [0.4, 0.5) is 9.93 Å². The van der Waals surface area contributed by atoms with Gasteiger partial charge in [-0.2, -0.15) is 0 Å². The van der Waals surface area contributed by atoms with Crippen LogP contribution in [0.2, 0.25) is 5.02 Å². The number of nitrogens with zero attached hydrogens (tertiary/aromatic N) is 4. The fourth-order valence-electron chi connectivity index (χ4n) is 7.80. The van der Waals surface area contributed by atoms with Gasteiger partial charge in [0.2, 0.25) is 11.8 Å². The van der Waals surface area contributed by atoms with Crippen LogP contribution >= 0.6 is 22.9 Å². The van der Waals surface area contributed by atoms with E-state index in [-0.39, 0.29) is 31.2 Å². The number of nitrogens with one attached hydrogen (secondary N) is 2.